The summed E-state index contributed by atoms with van der Waals surface area (Å²) in [7, 11) is 3.07. The smallest absolute Gasteiger partial charge is 0.277 e. The fraction of sp³-hybridized carbons (Fsp3) is 0.250. The van der Waals surface area contributed by atoms with Gasteiger partial charge in [-0.05, 0) is 30.3 Å². The van der Waals surface area contributed by atoms with Crippen LogP contribution >= 0.6 is 11.8 Å². The minimum atomic E-state index is -0.492. The molecule has 0 unspecified atom stereocenters. The molecule has 1 aliphatic heterocycles. The molecule has 150 valence electrons. The summed E-state index contributed by atoms with van der Waals surface area (Å²) < 4.78 is 27.6. The minimum Gasteiger partial charge on any atom is -0.493 e. The lowest BCUT2D eigenvalue weighted by Gasteiger charge is -2.23. The maximum absolute atomic E-state index is 12.5. The van der Waals surface area contributed by atoms with Crippen LogP contribution in [0.2, 0.25) is 0 Å². The van der Waals surface area contributed by atoms with E-state index >= 15 is 0 Å². The monoisotopic (exact) mass is 414 g/mol. The topological polar surface area (TPSA) is 92.9 Å². The number of Topliss-reactive ketones (excluding diaryl/α,β-unsaturated/α-hetero) is 1. The van der Waals surface area contributed by atoms with Crippen LogP contribution in [0.4, 0.5) is 0 Å². The number of rotatable bonds is 7. The van der Waals surface area contributed by atoms with Gasteiger partial charge in [0.2, 0.25) is 6.10 Å². The summed E-state index contributed by atoms with van der Waals surface area (Å²) >= 11 is 1.16. The number of carbonyl (C=O) groups is 1. The Hall–Kier alpha value is -3.20. The number of nitrogens with zero attached hydrogens (tertiary/aromatic N) is 2. The van der Waals surface area contributed by atoms with Gasteiger partial charge in [0.1, 0.15) is 6.61 Å². The van der Waals surface area contributed by atoms with E-state index in [-0.39, 0.29) is 23.4 Å². The van der Waals surface area contributed by atoms with Gasteiger partial charge in [-0.15, -0.1) is 10.2 Å². The summed E-state index contributed by atoms with van der Waals surface area (Å²) in [6.07, 6.45) is -0.492. The molecular weight excluding hydrogens is 396 g/mol. The predicted octanol–water partition coefficient (Wildman–Crippen LogP) is 3.57. The molecule has 0 radical (unpaired) electrons. The largest absolute Gasteiger partial charge is 0.493 e. The molecule has 0 saturated carbocycles. The van der Waals surface area contributed by atoms with Crippen molar-refractivity contribution in [2.75, 3.05) is 26.6 Å². The molecule has 0 saturated heterocycles. The van der Waals surface area contributed by atoms with Gasteiger partial charge in [-0.2, -0.15) is 0 Å². The Kier molecular flexibility index (Phi) is 5.57. The number of ether oxygens (including phenoxy) is 4. The standard InChI is InChI=1S/C20H18N2O6S/c1-24-14-8-7-12(9-17(14)25-2)13(23)11-29-20-22-21-19(28-20)18-10-26-15-5-3-4-6-16(15)27-18/h3-9,18H,10-11H2,1-2H3/t18-/m1/s1. The van der Waals surface area contributed by atoms with Gasteiger partial charge in [-0.25, -0.2) is 0 Å². The van der Waals surface area contributed by atoms with Crippen LogP contribution in [0.5, 0.6) is 23.0 Å². The molecule has 0 fully saturated rings. The van der Waals surface area contributed by atoms with Crippen molar-refractivity contribution in [2.24, 2.45) is 0 Å². The van der Waals surface area contributed by atoms with E-state index in [9.17, 15) is 4.79 Å². The molecule has 2 heterocycles. The lowest BCUT2D eigenvalue weighted by molar-refractivity contribution is 0.0686. The third kappa shape index (κ3) is 4.14. The van der Waals surface area contributed by atoms with Crippen molar-refractivity contribution in [1.82, 2.24) is 10.2 Å². The van der Waals surface area contributed by atoms with E-state index in [2.05, 4.69) is 10.2 Å². The highest BCUT2D eigenvalue weighted by molar-refractivity contribution is 7.99. The van der Waals surface area contributed by atoms with E-state index in [4.69, 9.17) is 23.4 Å². The molecule has 0 N–H and O–H groups in total. The number of fused-ring (bicyclic) bond motifs is 1. The van der Waals surface area contributed by atoms with Gasteiger partial charge < -0.3 is 23.4 Å². The molecule has 0 amide bonds. The molecule has 0 bridgehead atoms. The fourth-order valence-corrected chi connectivity index (χ4v) is 3.43. The fourth-order valence-electron chi connectivity index (χ4n) is 2.77. The summed E-state index contributed by atoms with van der Waals surface area (Å²) in [6.45, 7) is 0.272. The molecule has 1 aliphatic rings. The Morgan fingerprint density at radius 3 is 2.69 bits per heavy atom. The molecule has 2 aromatic carbocycles. The molecule has 9 heteroatoms. The van der Waals surface area contributed by atoms with Crippen molar-refractivity contribution in [2.45, 2.75) is 11.3 Å². The van der Waals surface area contributed by atoms with E-state index < -0.39 is 6.10 Å². The number of methoxy groups -OCH3 is 2. The van der Waals surface area contributed by atoms with Crippen molar-refractivity contribution in [3.8, 4) is 23.0 Å². The highest BCUT2D eigenvalue weighted by Crippen LogP contribution is 2.36. The van der Waals surface area contributed by atoms with Crippen LogP contribution in [0, 0.1) is 0 Å². The zero-order chi connectivity index (χ0) is 20.2. The number of hydrogen-bond acceptors (Lipinski definition) is 9. The molecule has 1 atom stereocenters. The van der Waals surface area contributed by atoms with Gasteiger partial charge in [0.25, 0.3) is 11.1 Å². The predicted molar refractivity (Wildman–Crippen MR) is 104 cm³/mol. The Balaban J connectivity index is 1.38. The van der Waals surface area contributed by atoms with Gasteiger partial charge in [0, 0.05) is 5.56 Å². The Morgan fingerprint density at radius 2 is 1.90 bits per heavy atom. The highest BCUT2D eigenvalue weighted by Gasteiger charge is 2.27. The van der Waals surface area contributed by atoms with E-state index in [0.29, 0.717) is 34.5 Å². The number of hydrogen-bond donors (Lipinski definition) is 0. The summed E-state index contributed by atoms with van der Waals surface area (Å²) in [5, 5.41) is 8.30. The zero-order valence-electron chi connectivity index (χ0n) is 15.8. The summed E-state index contributed by atoms with van der Waals surface area (Å²) in [6, 6.07) is 12.4. The van der Waals surface area contributed by atoms with Gasteiger partial charge in [0.15, 0.2) is 28.8 Å². The minimum absolute atomic E-state index is 0.0955. The van der Waals surface area contributed by atoms with Crippen molar-refractivity contribution in [3.63, 3.8) is 0 Å². The first kappa shape index (κ1) is 19.1. The van der Waals surface area contributed by atoms with E-state index in [1.165, 1.54) is 7.11 Å². The number of carbonyl (C=O) groups excluding carboxylic acids is 1. The lowest BCUT2D eigenvalue weighted by Crippen LogP contribution is -2.21. The molecule has 29 heavy (non-hydrogen) atoms. The van der Waals surface area contributed by atoms with E-state index in [1.807, 2.05) is 24.3 Å². The third-order valence-corrected chi connectivity index (χ3v) is 5.06. The van der Waals surface area contributed by atoms with Crippen LogP contribution in [0.1, 0.15) is 22.4 Å². The molecule has 1 aromatic heterocycles. The van der Waals surface area contributed by atoms with Gasteiger partial charge in [-0.3, -0.25) is 4.79 Å². The second kappa shape index (κ2) is 8.44. The molecule has 0 aliphatic carbocycles. The quantitative estimate of drug-likeness (QED) is 0.425. The SMILES string of the molecule is COc1ccc(C(=O)CSc2nnc([C@H]3COc4ccccc4O3)o2)cc1OC. The molecule has 0 spiro atoms. The van der Waals surface area contributed by atoms with Crippen LogP contribution in [-0.2, 0) is 0 Å². The first-order valence-electron chi connectivity index (χ1n) is 8.78. The number of benzene rings is 2. The van der Waals surface area contributed by atoms with E-state index in [1.54, 1.807) is 25.3 Å². The van der Waals surface area contributed by atoms with Gasteiger partial charge >= 0.3 is 0 Å². The molecule has 8 nitrogen and oxygen atoms in total. The first-order valence-corrected chi connectivity index (χ1v) is 9.76. The van der Waals surface area contributed by atoms with Crippen LogP contribution < -0.4 is 18.9 Å². The zero-order valence-corrected chi connectivity index (χ0v) is 16.6. The van der Waals surface area contributed by atoms with Crippen molar-refractivity contribution in [3.05, 3.63) is 53.9 Å². The number of para-hydroxylation sites is 2. The first-order chi connectivity index (χ1) is 14.2. The molecule has 4 rings (SSSR count). The maximum Gasteiger partial charge on any atom is 0.277 e. The summed E-state index contributed by atoms with van der Waals surface area (Å²) in [5.74, 6) is 2.72. The van der Waals surface area contributed by atoms with Crippen molar-refractivity contribution < 1.29 is 28.2 Å². The molecular formula is C20H18N2O6S. The van der Waals surface area contributed by atoms with Gasteiger partial charge in [-0.1, -0.05) is 23.9 Å². The Bertz CT molecular complexity index is 1020. The van der Waals surface area contributed by atoms with Crippen LogP contribution in [0.15, 0.2) is 52.1 Å². The third-order valence-electron chi connectivity index (χ3n) is 4.24. The van der Waals surface area contributed by atoms with Crippen molar-refractivity contribution >= 4 is 17.5 Å². The maximum atomic E-state index is 12.5. The lowest BCUT2D eigenvalue weighted by atomic mass is 10.1. The average molecular weight is 414 g/mol. The van der Waals surface area contributed by atoms with Crippen LogP contribution in [-0.4, -0.2) is 42.6 Å². The molecule has 3 aromatic rings. The number of ketones is 1. The Labute approximate surface area is 171 Å². The van der Waals surface area contributed by atoms with E-state index in [0.717, 1.165) is 11.8 Å². The Morgan fingerprint density at radius 1 is 1.10 bits per heavy atom. The van der Waals surface area contributed by atoms with Crippen LogP contribution in [0.3, 0.4) is 0 Å². The average Bonchev–Trinajstić information content (AvgIpc) is 3.25. The highest BCUT2D eigenvalue weighted by atomic mass is 32.2. The second-order valence-electron chi connectivity index (χ2n) is 6.05. The number of thioether (sulfide) groups is 1. The van der Waals surface area contributed by atoms with Gasteiger partial charge in [0.05, 0.1) is 20.0 Å². The summed E-state index contributed by atoms with van der Waals surface area (Å²) in [4.78, 5) is 12.5. The number of aromatic nitrogens is 2. The van der Waals surface area contributed by atoms with Crippen molar-refractivity contribution in [1.29, 1.82) is 0 Å². The summed E-state index contributed by atoms with van der Waals surface area (Å²) in [5.41, 5.74) is 0.510. The second-order valence-corrected chi connectivity index (χ2v) is 6.98. The van der Waals surface area contributed by atoms with Crippen LogP contribution in [0.25, 0.3) is 0 Å². The normalized spacial score (nSPS) is 15.0.